The van der Waals surface area contributed by atoms with Crippen LogP contribution in [0.15, 0.2) is 48.5 Å². The van der Waals surface area contributed by atoms with E-state index in [1.54, 1.807) is 0 Å². The second-order valence-electron chi connectivity index (χ2n) is 5.91. The van der Waals surface area contributed by atoms with Gasteiger partial charge in [0.05, 0.1) is 6.61 Å². The van der Waals surface area contributed by atoms with Gasteiger partial charge in [0.25, 0.3) is 5.91 Å². The molecule has 0 radical (unpaired) electrons. The van der Waals surface area contributed by atoms with Gasteiger partial charge in [0, 0.05) is 24.5 Å². The van der Waals surface area contributed by atoms with Gasteiger partial charge < -0.3 is 14.6 Å². The molecule has 0 unspecified atom stereocenters. The molecule has 0 saturated carbocycles. The van der Waals surface area contributed by atoms with Crippen LogP contribution in [0.5, 0.6) is 5.75 Å². The van der Waals surface area contributed by atoms with Crippen LogP contribution in [0.2, 0.25) is 0 Å². The molecule has 0 aliphatic carbocycles. The quantitative estimate of drug-likeness (QED) is 0.776. The zero-order valence-corrected chi connectivity index (χ0v) is 14.3. The summed E-state index contributed by atoms with van der Waals surface area (Å²) >= 11 is 0. The second-order valence-corrected chi connectivity index (χ2v) is 5.91. The number of aryl methyl sites for hydroxylation is 2. The van der Waals surface area contributed by atoms with Gasteiger partial charge in [0.2, 0.25) is 0 Å². The van der Waals surface area contributed by atoms with Crippen LogP contribution in [0.1, 0.15) is 28.5 Å². The van der Waals surface area contributed by atoms with Crippen molar-refractivity contribution < 1.29 is 9.53 Å². The molecule has 0 saturated heterocycles. The Labute approximate surface area is 142 Å². The van der Waals surface area contributed by atoms with Crippen LogP contribution in [-0.2, 0) is 13.6 Å². The third-order valence-corrected chi connectivity index (χ3v) is 4.13. The number of amides is 1. The van der Waals surface area contributed by atoms with Crippen LogP contribution < -0.4 is 10.1 Å². The maximum atomic E-state index is 12.5. The molecule has 1 aromatic heterocycles. The first kappa shape index (κ1) is 16.1. The van der Waals surface area contributed by atoms with Crippen molar-refractivity contribution >= 4 is 16.8 Å². The molecule has 1 N–H and O–H groups in total. The van der Waals surface area contributed by atoms with Crippen molar-refractivity contribution in [2.45, 2.75) is 20.4 Å². The summed E-state index contributed by atoms with van der Waals surface area (Å²) in [5.41, 5.74) is 3.96. The number of carbonyl (C=O) groups is 1. The Balaban J connectivity index is 1.78. The van der Waals surface area contributed by atoms with Crippen LogP contribution >= 0.6 is 0 Å². The number of carbonyl (C=O) groups excluding carboxylic acids is 1. The zero-order valence-electron chi connectivity index (χ0n) is 14.3. The smallest absolute Gasteiger partial charge is 0.268 e. The van der Waals surface area contributed by atoms with Gasteiger partial charge in [-0.15, -0.1) is 0 Å². The third kappa shape index (κ3) is 3.27. The minimum absolute atomic E-state index is 0.0766. The molecular formula is C20H22N2O2. The second kappa shape index (κ2) is 6.79. The van der Waals surface area contributed by atoms with Crippen molar-refractivity contribution in [3.8, 4) is 5.75 Å². The molecule has 4 nitrogen and oxygen atoms in total. The molecule has 1 heterocycles. The first-order chi connectivity index (χ1) is 11.6. The maximum Gasteiger partial charge on any atom is 0.268 e. The van der Waals surface area contributed by atoms with Gasteiger partial charge in [-0.05, 0) is 43.7 Å². The number of rotatable bonds is 5. The number of nitrogens with one attached hydrogen (secondary N) is 1. The molecule has 0 aliphatic heterocycles. The Hall–Kier alpha value is -2.75. The molecule has 0 spiro atoms. The summed E-state index contributed by atoms with van der Waals surface area (Å²) in [6, 6.07) is 16.0. The minimum Gasteiger partial charge on any atom is -0.494 e. The highest BCUT2D eigenvalue weighted by Crippen LogP contribution is 2.24. The summed E-state index contributed by atoms with van der Waals surface area (Å²) in [6.07, 6.45) is 0. The van der Waals surface area contributed by atoms with Gasteiger partial charge in [0.15, 0.2) is 0 Å². The maximum absolute atomic E-state index is 12.5. The Bertz CT molecular complexity index is 863. The van der Waals surface area contributed by atoms with E-state index < -0.39 is 0 Å². The van der Waals surface area contributed by atoms with Crippen molar-refractivity contribution in [3.63, 3.8) is 0 Å². The van der Waals surface area contributed by atoms with E-state index in [2.05, 4.69) is 5.32 Å². The molecule has 0 bridgehead atoms. The van der Waals surface area contributed by atoms with E-state index in [1.165, 1.54) is 5.56 Å². The van der Waals surface area contributed by atoms with Gasteiger partial charge in [-0.2, -0.15) is 0 Å². The van der Waals surface area contributed by atoms with E-state index in [0.717, 1.165) is 22.2 Å². The Kier molecular flexibility index (Phi) is 4.56. The SMILES string of the molecule is CCOc1ccc2c(c1)cc(C(=O)NCc1ccc(C)cc1)n2C. The standard InChI is InChI=1S/C20H22N2O2/c1-4-24-17-9-10-18-16(11-17)12-19(22(18)3)20(23)21-13-15-7-5-14(2)6-8-15/h5-12H,4,13H2,1-3H3,(H,21,23). The lowest BCUT2D eigenvalue weighted by atomic mass is 10.1. The summed E-state index contributed by atoms with van der Waals surface area (Å²) in [5, 5.41) is 3.99. The van der Waals surface area contributed by atoms with Gasteiger partial charge in [-0.1, -0.05) is 29.8 Å². The minimum atomic E-state index is -0.0766. The van der Waals surface area contributed by atoms with Crippen LogP contribution in [0.3, 0.4) is 0 Å². The molecule has 3 aromatic rings. The van der Waals surface area contributed by atoms with Gasteiger partial charge in [-0.25, -0.2) is 0 Å². The summed E-state index contributed by atoms with van der Waals surface area (Å²) in [4.78, 5) is 12.5. The average Bonchev–Trinajstić information content (AvgIpc) is 2.91. The molecule has 2 aromatic carbocycles. The number of hydrogen-bond donors (Lipinski definition) is 1. The van der Waals surface area contributed by atoms with Crippen LogP contribution in [-0.4, -0.2) is 17.1 Å². The average molecular weight is 322 g/mol. The van der Waals surface area contributed by atoms with Gasteiger partial charge >= 0.3 is 0 Å². The Morgan fingerprint density at radius 1 is 1.12 bits per heavy atom. The number of fused-ring (bicyclic) bond motifs is 1. The molecule has 0 atom stereocenters. The molecule has 4 heteroatoms. The van der Waals surface area contributed by atoms with E-state index in [9.17, 15) is 4.79 Å². The van der Waals surface area contributed by atoms with Crippen molar-refractivity contribution in [3.05, 3.63) is 65.4 Å². The molecule has 1 amide bonds. The van der Waals surface area contributed by atoms with Crippen molar-refractivity contribution in [2.24, 2.45) is 7.05 Å². The highest BCUT2D eigenvalue weighted by molar-refractivity contribution is 5.99. The van der Waals surface area contributed by atoms with E-state index in [4.69, 9.17) is 4.74 Å². The highest BCUT2D eigenvalue weighted by Gasteiger charge is 2.13. The highest BCUT2D eigenvalue weighted by atomic mass is 16.5. The number of hydrogen-bond acceptors (Lipinski definition) is 2. The fraction of sp³-hybridized carbons (Fsp3) is 0.250. The lowest BCUT2D eigenvalue weighted by Gasteiger charge is -2.07. The Morgan fingerprint density at radius 2 is 1.88 bits per heavy atom. The number of benzene rings is 2. The molecule has 3 rings (SSSR count). The molecule has 0 aliphatic rings. The van der Waals surface area contributed by atoms with E-state index in [0.29, 0.717) is 18.8 Å². The largest absolute Gasteiger partial charge is 0.494 e. The predicted octanol–water partition coefficient (Wildman–Crippen LogP) is 3.82. The fourth-order valence-electron chi connectivity index (χ4n) is 2.78. The fourth-order valence-corrected chi connectivity index (χ4v) is 2.78. The van der Waals surface area contributed by atoms with Gasteiger partial charge in [0.1, 0.15) is 11.4 Å². The first-order valence-electron chi connectivity index (χ1n) is 8.14. The Morgan fingerprint density at radius 3 is 2.58 bits per heavy atom. The van der Waals surface area contributed by atoms with Crippen LogP contribution in [0, 0.1) is 6.92 Å². The number of nitrogens with zero attached hydrogens (tertiary/aromatic N) is 1. The van der Waals surface area contributed by atoms with Crippen molar-refractivity contribution in [2.75, 3.05) is 6.61 Å². The lowest BCUT2D eigenvalue weighted by molar-refractivity contribution is 0.0943. The lowest BCUT2D eigenvalue weighted by Crippen LogP contribution is -2.24. The number of ether oxygens (including phenoxy) is 1. The van der Waals surface area contributed by atoms with E-state index >= 15 is 0 Å². The van der Waals surface area contributed by atoms with Crippen molar-refractivity contribution in [1.82, 2.24) is 9.88 Å². The number of aromatic nitrogens is 1. The molecular weight excluding hydrogens is 300 g/mol. The zero-order chi connectivity index (χ0) is 17.1. The summed E-state index contributed by atoms with van der Waals surface area (Å²) in [7, 11) is 1.91. The van der Waals surface area contributed by atoms with Crippen LogP contribution in [0.25, 0.3) is 10.9 Å². The van der Waals surface area contributed by atoms with E-state index in [1.807, 2.05) is 74.0 Å². The van der Waals surface area contributed by atoms with E-state index in [-0.39, 0.29) is 5.91 Å². The monoisotopic (exact) mass is 322 g/mol. The normalized spacial score (nSPS) is 10.8. The third-order valence-electron chi connectivity index (χ3n) is 4.13. The van der Waals surface area contributed by atoms with Crippen molar-refractivity contribution in [1.29, 1.82) is 0 Å². The van der Waals surface area contributed by atoms with Gasteiger partial charge in [-0.3, -0.25) is 4.79 Å². The molecule has 124 valence electrons. The predicted molar refractivity (Wildman–Crippen MR) is 96.4 cm³/mol. The summed E-state index contributed by atoms with van der Waals surface area (Å²) in [6.45, 7) is 5.15. The first-order valence-corrected chi connectivity index (χ1v) is 8.14. The van der Waals surface area contributed by atoms with Crippen LogP contribution in [0.4, 0.5) is 0 Å². The summed E-state index contributed by atoms with van der Waals surface area (Å²) in [5.74, 6) is 0.745. The molecule has 24 heavy (non-hydrogen) atoms. The summed E-state index contributed by atoms with van der Waals surface area (Å²) < 4.78 is 7.44. The topological polar surface area (TPSA) is 43.3 Å². The molecule has 0 fully saturated rings.